The van der Waals surface area contributed by atoms with Crippen molar-refractivity contribution in [3.05, 3.63) is 35.4 Å². The van der Waals surface area contributed by atoms with Crippen LogP contribution in [0.4, 0.5) is 0 Å². The second-order valence-corrected chi connectivity index (χ2v) is 4.63. The van der Waals surface area contributed by atoms with Gasteiger partial charge in [0.05, 0.1) is 0 Å². The van der Waals surface area contributed by atoms with Crippen LogP contribution in [0, 0.1) is 0 Å². The lowest BCUT2D eigenvalue weighted by atomic mass is 9.82. The van der Waals surface area contributed by atoms with Crippen molar-refractivity contribution < 1.29 is 0 Å². The summed E-state index contributed by atoms with van der Waals surface area (Å²) in [6.07, 6.45) is 0. The van der Waals surface area contributed by atoms with E-state index in [1.54, 1.807) is 0 Å². The summed E-state index contributed by atoms with van der Waals surface area (Å²) in [6, 6.07) is 8.53. The molecular formula is C12H19N. The fraction of sp³-hybridized carbons (Fsp3) is 0.500. The molecule has 2 N–H and O–H groups in total. The van der Waals surface area contributed by atoms with Crippen molar-refractivity contribution in [2.24, 2.45) is 5.73 Å². The molecule has 72 valence electrons. The maximum absolute atomic E-state index is 5.91. The quantitative estimate of drug-likeness (QED) is 0.701. The van der Waals surface area contributed by atoms with E-state index in [1.807, 2.05) is 13.0 Å². The molecule has 0 amide bonds. The molecule has 1 rings (SSSR count). The summed E-state index contributed by atoms with van der Waals surface area (Å²) < 4.78 is 0. The van der Waals surface area contributed by atoms with Crippen LogP contribution in [0.1, 0.15) is 44.9 Å². The molecule has 0 aliphatic heterocycles. The van der Waals surface area contributed by atoms with Crippen molar-refractivity contribution in [2.75, 3.05) is 0 Å². The van der Waals surface area contributed by atoms with Gasteiger partial charge in [0, 0.05) is 6.04 Å². The van der Waals surface area contributed by atoms with Crippen LogP contribution in [-0.4, -0.2) is 0 Å². The van der Waals surface area contributed by atoms with Gasteiger partial charge in [-0.2, -0.15) is 0 Å². The predicted octanol–water partition coefficient (Wildman–Crippen LogP) is 3.00. The van der Waals surface area contributed by atoms with Crippen LogP contribution in [0.15, 0.2) is 24.3 Å². The van der Waals surface area contributed by atoms with Gasteiger partial charge in [0.1, 0.15) is 0 Å². The number of hydrogen-bond donors (Lipinski definition) is 1. The highest BCUT2D eigenvalue weighted by molar-refractivity contribution is 5.34. The highest BCUT2D eigenvalue weighted by atomic mass is 14.6. The fourth-order valence-electron chi connectivity index (χ4n) is 1.58. The first-order chi connectivity index (χ1) is 5.93. The number of benzene rings is 1. The molecule has 0 radical (unpaired) electrons. The number of rotatable bonds is 1. The Hall–Kier alpha value is -0.820. The molecule has 0 spiro atoms. The number of hydrogen-bond acceptors (Lipinski definition) is 1. The molecule has 1 aromatic rings. The lowest BCUT2D eigenvalue weighted by Crippen LogP contribution is -2.18. The molecule has 0 bridgehead atoms. The summed E-state index contributed by atoms with van der Waals surface area (Å²) in [5, 5.41) is 0. The zero-order valence-electron chi connectivity index (χ0n) is 8.96. The Morgan fingerprint density at radius 2 is 1.69 bits per heavy atom. The third kappa shape index (κ3) is 2.31. The van der Waals surface area contributed by atoms with Gasteiger partial charge in [-0.3, -0.25) is 0 Å². The van der Waals surface area contributed by atoms with Crippen LogP contribution in [0.2, 0.25) is 0 Å². The van der Waals surface area contributed by atoms with Gasteiger partial charge in [0.15, 0.2) is 0 Å². The Bertz CT molecular complexity index is 281. The molecule has 0 heterocycles. The average molecular weight is 177 g/mol. The Morgan fingerprint density at radius 3 is 2.08 bits per heavy atom. The van der Waals surface area contributed by atoms with Crippen molar-refractivity contribution in [3.63, 3.8) is 0 Å². The van der Waals surface area contributed by atoms with Gasteiger partial charge >= 0.3 is 0 Å². The molecule has 13 heavy (non-hydrogen) atoms. The first-order valence-corrected chi connectivity index (χ1v) is 4.78. The molecule has 0 unspecified atom stereocenters. The molecule has 1 nitrogen and oxygen atoms in total. The lowest BCUT2D eigenvalue weighted by molar-refractivity contribution is 0.575. The van der Waals surface area contributed by atoms with Gasteiger partial charge in [-0.15, -0.1) is 0 Å². The molecule has 0 aliphatic rings. The van der Waals surface area contributed by atoms with Crippen molar-refractivity contribution in [3.8, 4) is 0 Å². The van der Waals surface area contributed by atoms with Crippen LogP contribution in [0.5, 0.6) is 0 Å². The minimum absolute atomic E-state index is 0.121. The molecule has 0 aliphatic carbocycles. The van der Waals surface area contributed by atoms with Gasteiger partial charge in [-0.25, -0.2) is 0 Å². The minimum atomic E-state index is 0.121. The molecule has 0 saturated heterocycles. The van der Waals surface area contributed by atoms with Gasteiger partial charge in [-0.1, -0.05) is 45.0 Å². The van der Waals surface area contributed by atoms with Crippen LogP contribution >= 0.6 is 0 Å². The zero-order chi connectivity index (χ0) is 10.1. The molecule has 0 aromatic heterocycles. The summed E-state index contributed by atoms with van der Waals surface area (Å²) in [4.78, 5) is 0. The second-order valence-electron chi connectivity index (χ2n) is 4.63. The molecule has 1 atom stereocenters. The molecule has 0 saturated carbocycles. The van der Waals surface area contributed by atoms with Crippen molar-refractivity contribution in [1.82, 2.24) is 0 Å². The predicted molar refractivity (Wildman–Crippen MR) is 57.7 cm³/mol. The summed E-state index contributed by atoms with van der Waals surface area (Å²) in [7, 11) is 0. The van der Waals surface area contributed by atoms with E-state index in [4.69, 9.17) is 5.73 Å². The topological polar surface area (TPSA) is 26.0 Å². The Kier molecular flexibility index (Phi) is 2.77. The highest BCUT2D eigenvalue weighted by Gasteiger charge is 2.18. The maximum Gasteiger partial charge on any atom is 0.0269 e. The van der Waals surface area contributed by atoms with Crippen molar-refractivity contribution >= 4 is 0 Å². The van der Waals surface area contributed by atoms with E-state index < -0.39 is 0 Å². The summed E-state index contributed by atoms with van der Waals surface area (Å²) in [5.41, 5.74) is 8.71. The van der Waals surface area contributed by atoms with E-state index >= 15 is 0 Å². The van der Waals surface area contributed by atoms with Crippen LogP contribution in [0.3, 0.4) is 0 Å². The SMILES string of the molecule is C[C@H](N)c1ccccc1C(C)(C)C. The van der Waals surface area contributed by atoms with E-state index in [0.717, 1.165) is 0 Å². The van der Waals surface area contributed by atoms with E-state index in [9.17, 15) is 0 Å². The maximum atomic E-state index is 5.91. The largest absolute Gasteiger partial charge is 0.324 e. The third-order valence-corrected chi connectivity index (χ3v) is 2.26. The van der Waals surface area contributed by atoms with Gasteiger partial charge < -0.3 is 5.73 Å². The normalized spacial score (nSPS) is 14.2. The lowest BCUT2D eigenvalue weighted by Gasteiger charge is -2.24. The van der Waals surface area contributed by atoms with E-state index in [-0.39, 0.29) is 11.5 Å². The molecule has 0 fully saturated rings. The fourth-order valence-corrected chi connectivity index (χ4v) is 1.58. The summed E-state index contributed by atoms with van der Waals surface area (Å²) in [5.74, 6) is 0. The van der Waals surface area contributed by atoms with E-state index in [0.29, 0.717) is 0 Å². The molecule has 1 heteroatoms. The monoisotopic (exact) mass is 177 g/mol. The Morgan fingerprint density at radius 1 is 1.15 bits per heavy atom. The Labute approximate surface area is 81.0 Å². The van der Waals surface area contributed by atoms with Crippen LogP contribution in [-0.2, 0) is 5.41 Å². The minimum Gasteiger partial charge on any atom is -0.324 e. The smallest absolute Gasteiger partial charge is 0.0269 e. The van der Waals surface area contributed by atoms with Gasteiger partial charge in [-0.05, 0) is 23.5 Å². The average Bonchev–Trinajstić information content (AvgIpc) is 2.03. The van der Waals surface area contributed by atoms with Gasteiger partial charge in [0.2, 0.25) is 0 Å². The second kappa shape index (κ2) is 3.51. The molecule has 1 aromatic carbocycles. The zero-order valence-corrected chi connectivity index (χ0v) is 8.96. The Balaban J connectivity index is 3.20. The standard InChI is InChI=1S/C12H19N/c1-9(13)10-7-5-6-8-11(10)12(2,3)4/h5-9H,13H2,1-4H3/t9-/m0/s1. The first kappa shape index (κ1) is 10.3. The molecular weight excluding hydrogens is 158 g/mol. The van der Waals surface area contributed by atoms with E-state index in [2.05, 4.69) is 39.0 Å². The van der Waals surface area contributed by atoms with E-state index in [1.165, 1.54) is 11.1 Å². The summed E-state index contributed by atoms with van der Waals surface area (Å²) in [6.45, 7) is 8.68. The summed E-state index contributed by atoms with van der Waals surface area (Å²) >= 11 is 0. The van der Waals surface area contributed by atoms with Crippen molar-refractivity contribution in [2.45, 2.75) is 39.2 Å². The highest BCUT2D eigenvalue weighted by Crippen LogP contribution is 2.28. The number of nitrogens with two attached hydrogens (primary N) is 1. The van der Waals surface area contributed by atoms with Gasteiger partial charge in [0.25, 0.3) is 0 Å². The van der Waals surface area contributed by atoms with Crippen LogP contribution < -0.4 is 5.73 Å². The van der Waals surface area contributed by atoms with Crippen molar-refractivity contribution in [1.29, 1.82) is 0 Å². The third-order valence-electron chi connectivity index (χ3n) is 2.26. The first-order valence-electron chi connectivity index (χ1n) is 4.78. The van der Waals surface area contributed by atoms with Crippen LogP contribution in [0.25, 0.3) is 0 Å².